The first-order valence-electron chi connectivity index (χ1n) is 8.53. The highest BCUT2D eigenvalue weighted by Gasteiger charge is 2.20. The SMILES string of the molecule is COc1c(OCC(=O)OC(C)(C)C)cccc1C(=O)OCc1ccccc1. The maximum absolute atomic E-state index is 12.4. The van der Waals surface area contributed by atoms with E-state index in [4.69, 9.17) is 18.9 Å². The Hall–Kier alpha value is -3.02. The van der Waals surface area contributed by atoms with Crippen LogP contribution in [0.15, 0.2) is 48.5 Å². The molecule has 0 amide bonds. The Kier molecular flexibility index (Phi) is 6.82. The Morgan fingerprint density at radius 3 is 2.30 bits per heavy atom. The smallest absolute Gasteiger partial charge is 0.344 e. The van der Waals surface area contributed by atoms with Crippen LogP contribution in [0.1, 0.15) is 36.7 Å². The number of esters is 2. The normalized spacial score (nSPS) is 10.8. The lowest BCUT2D eigenvalue weighted by atomic mass is 10.2. The van der Waals surface area contributed by atoms with Crippen molar-refractivity contribution in [2.75, 3.05) is 13.7 Å². The van der Waals surface area contributed by atoms with Crippen molar-refractivity contribution in [3.63, 3.8) is 0 Å². The number of para-hydroxylation sites is 1. The monoisotopic (exact) mass is 372 g/mol. The minimum absolute atomic E-state index is 0.145. The van der Waals surface area contributed by atoms with Gasteiger partial charge >= 0.3 is 11.9 Å². The molecule has 0 bridgehead atoms. The number of methoxy groups -OCH3 is 1. The second-order valence-electron chi connectivity index (χ2n) is 6.77. The van der Waals surface area contributed by atoms with E-state index in [9.17, 15) is 9.59 Å². The predicted molar refractivity (Wildman–Crippen MR) is 99.9 cm³/mol. The lowest BCUT2D eigenvalue weighted by Gasteiger charge is -2.20. The van der Waals surface area contributed by atoms with Gasteiger partial charge in [-0.2, -0.15) is 0 Å². The zero-order valence-corrected chi connectivity index (χ0v) is 16.0. The van der Waals surface area contributed by atoms with Crippen molar-refractivity contribution < 1.29 is 28.5 Å². The standard InChI is InChI=1S/C21H24O6/c1-21(2,3)27-18(22)14-25-17-12-8-11-16(19(17)24-4)20(23)26-13-15-9-6-5-7-10-15/h5-12H,13-14H2,1-4H3. The summed E-state index contributed by atoms with van der Waals surface area (Å²) in [5.41, 5.74) is 0.491. The lowest BCUT2D eigenvalue weighted by molar-refractivity contribution is -0.157. The van der Waals surface area contributed by atoms with Crippen LogP contribution in [0.3, 0.4) is 0 Å². The number of ether oxygens (including phenoxy) is 4. The minimum atomic E-state index is -0.604. The highest BCUT2D eigenvalue weighted by Crippen LogP contribution is 2.31. The van der Waals surface area contributed by atoms with E-state index in [1.165, 1.54) is 7.11 Å². The third-order valence-corrected chi connectivity index (χ3v) is 3.38. The molecular formula is C21H24O6. The van der Waals surface area contributed by atoms with Gasteiger partial charge in [0.1, 0.15) is 17.8 Å². The molecule has 0 radical (unpaired) electrons. The average molecular weight is 372 g/mol. The molecule has 0 fully saturated rings. The van der Waals surface area contributed by atoms with E-state index in [-0.39, 0.29) is 30.3 Å². The van der Waals surface area contributed by atoms with E-state index < -0.39 is 17.5 Å². The average Bonchev–Trinajstić information content (AvgIpc) is 2.63. The fourth-order valence-electron chi connectivity index (χ4n) is 2.31. The minimum Gasteiger partial charge on any atom is -0.492 e. The molecule has 2 aromatic rings. The van der Waals surface area contributed by atoms with Crippen LogP contribution in [-0.2, 0) is 20.9 Å². The third-order valence-electron chi connectivity index (χ3n) is 3.38. The van der Waals surface area contributed by atoms with Gasteiger partial charge in [0.2, 0.25) is 0 Å². The summed E-state index contributed by atoms with van der Waals surface area (Å²) in [6, 6.07) is 14.2. The van der Waals surface area contributed by atoms with Gasteiger partial charge in [0, 0.05) is 0 Å². The summed E-state index contributed by atoms with van der Waals surface area (Å²) in [4.78, 5) is 24.3. The summed E-state index contributed by atoms with van der Waals surface area (Å²) in [6.07, 6.45) is 0. The summed E-state index contributed by atoms with van der Waals surface area (Å²) in [6.45, 7) is 5.17. The second kappa shape index (κ2) is 9.07. The van der Waals surface area contributed by atoms with Crippen LogP contribution in [0, 0.1) is 0 Å². The van der Waals surface area contributed by atoms with Gasteiger partial charge in [0.25, 0.3) is 0 Å². The van der Waals surface area contributed by atoms with E-state index in [1.807, 2.05) is 30.3 Å². The summed E-state index contributed by atoms with van der Waals surface area (Å²) in [5.74, 6) is -0.586. The molecule has 0 aliphatic carbocycles. The van der Waals surface area contributed by atoms with Gasteiger partial charge in [-0.1, -0.05) is 36.4 Å². The number of hydrogen-bond acceptors (Lipinski definition) is 6. The van der Waals surface area contributed by atoms with E-state index in [0.717, 1.165) is 5.56 Å². The summed E-state index contributed by atoms with van der Waals surface area (Å²) in [7, 11) is 1.42. The van der Waals surface area contributed by atoms with Crippen molar-refractivity contribution in [3.05, 3.63) is 59.7 Å². The Morgan fingerprint density at radius 1 is 0.963 bits per heavy atom. The van der Waals surface area contributed by atoms with Gasteiger partial charge in [-0.25, -0.2) is 9.59 Å². The van der Waals surface area contributed by atoms with Gasteiger partial charge < -0.3 is 18.9 Å². The zero-order chi connectivity index (χ0) is 19.9. The summed E-state index contributed by atoms with van der Waals surface area (Å²) in [5, 5.41) is 0. The molecule has 2 rings (SSSR count). The fourth-order valence-corrected chi connectivity index (χ4v) is 2.31. The molecule has 0 atom stereocenters. The van der Waals surface area contributed by atoms with Crippen molar-refractivity contribution in [2.45, 2.75) is 33.0 Å². The van der Waals surface area contributed by atoms with Crippen molar-refractivity contribution >= 4 is 11.9 Å². The Labute approximate surface area is 159 Å². The Bertz CT molecular complexity index is 777. The van der Waals surface area contributed by atoms with E-state index >= 15 is 0 Å². The van der Waals surface area contributed by atoms with Crippen LogP contribution in [0.2, 0.25) is 0 Å². The molecular weight excluding hydrogens is 348 g/mol. The van der Waals surface area contributed by atoms with E-state index in [2.05, 4.69) is 0 Å². The lowest BCUT2D eigenvalue weighted by Crippen LogP contribution is -2.27. The van der Waals surface area contributed by atoms with Crippen molar-refractivity contribution in [2.24, 2.45) is 0 Å². The van der Waals surface area contributed by atoms with Crippen molar-refractivity contribution in [3.8, 4) is 11.5 Å². The molecule has 0 saturated carbocycles. The maximum Gasteiger partial charge on any atom is 0.344 e. The van der Waals surface area contributed by atoms with Gasteiger partial charge in [0.05, 0.1) is 7.11 Å². The van der Waals surface area contributed by atoms with Gasteiger partial charge in [-0.05, 0) is 38.5 Å². The fraction of sp³-hybridized carbons (Fsp3) is 0.333. The molecule has 144 valence electrons. The zero-order valence-electron chi connectivity index (χ0n) is 16.0. The predicted octanol–water partition coefficient (Wildman–Crippen LogP) is 3.77. The molecule has 6 nitrogen and oxygen atoms in total. The number of rotatable bonds is 7. The van der Waals surface area contributed by atoms with Crippen LogP contribution < -0.4 is 9.47 Å². The second-order valence-corrected chi connectivity index (χ2v) is 6.77. The Balaban J connectivity index is 2.06. The van der Waals surface area contributed by atoms with Crippen molar-refractivity contribution in [1.82, 2.24) is 0 Å². The van der Waals surface area contributed by atoms with Crippen molar-refractivity contribution in [1.29, 1.82) is 0 Å². The number of carbonyl (C=O) groups is 2. The molecule has 0 aromatic heterocycles. The summed E-state index contributed by atoms with van der Waals surface area (Å²) < 4.78 is 21.3. The highest BCUT2D eigenvalue weighted by molar-refractivity contribution is 5.93. The molecule has 0 aliphatic rings. The molecule has 0 saturated heterocycles. The van der Waals surface area contributed by atoms with Gasteiger partial charge in [0.15, 0.2) is 18.1 Å². The number of benzene rings is 2. The van der Waals surface area contributed by atoms with Crippen LogP contribution in [0.5, 0.6) is 11.5 Å². The first-order valence-corrected chi connectivity index (χ1v) is 8.53. The molecule has 0 heterocycles. The molecule has 0 N–H and O–H groups in total. The summed E-state index contributed by atoms with van der Waals surface area (Å²) >= 11 is 0. The van der Waals surface area contributed by atoms with Crippen LogP contribution >= 0.6 is 0 Å². The maximum atomic E-state index is 12.4. The van der Waals surface area contributed by atoms with Crippen LogP contribution in [-0.4, -0.2) is 31.3 Å². The molecule has 0 unspecified atom stereocenters. The highest BCUT2D eigenvalue weighted by atomic mass is 16.6. The first-order chi connectivity index (χ1) is 12.8. The molecule has 6 heteroatoms. The topological polar surface area (TPSA) is 71.1 Å². The molecule has 0 aliphatic heterocycles. The largest absolute Gasteiger partial charge is 0.492 e. The van der Waals surface area contributed by atoms with Crippen LogP contribution in [0.4, 0.5) is 0 Å². The van der Waals surface area contributed by atoms with Gasteiger partial charge in [-0.3, -0.25) is 0 Å². The quantitative estimate of drug-likeness (QED) is 0.689. The molecule has 27 heavy (non-hydrogen) atoms. The van der Waals surface area contributed by atoms with E-state index in [0.29, 0.717) is 0 Å². The number of hydrogen-bond donors (Lipinski definition) is 0. The molecule has 0 spiro atoms. The number of carbonyl (C=O) groups excluding carboxylic acids is 2. The Morgan fingerprint density at radius 2 is 1.67 bits per heavy atom. The third kappa shape index (κ3) is 6.33. The van der Waals surface area contributed by atoms with E-state index in [1.54, 1.807) is 39.0 Å². The van der Waals surface area contributed by atoms with Crippen LogP contribution in [0.25, 0.3) is 0 Å². The molecule has 2 aromatic carbocycles. The van der Waals surface area contributed by atoms with Gasteiger partial charge in [-0.15, -0.1) is 0 Å². The first kappa shape index (κ1) is 20.3.